The predicted molar refractivity (Wildman–Crippen MR) is 154 cm³/mol. The lowest BCUT2D eigenvalue weighted by Gasteiger charge is -2.21. The van der Waals surface area contributed by atoms with Crippen LogP contribution >= 0.6 is 0 Å². The van der Waals surface area contributed by atoms with Crippen molar-refractivity contribution in [3.63, 3.8) is 0 Å². The van der Waals surface area contributed by atoms with Crippen LogP contribution in [-0.4, -0.2) is 43.5 Å². The van der Waals surface area contributed by atoms with E-state index in [9.17, 15) is 19.2 Å². The van der Waals surface area contributed by atoms with Gasteiger partial charge >= 0.3 is 11.9 Å². The third-order valence-electron chi connectivity index (χ3n) is 6.28. The fraction of sp³-hybridized carbons (Fsp3) is 0.0625. The average molecular weight is 535 g/mol. The number of carbonyl (C=O) groups excluding carboxylic acids is 3. The molecule has 4 aromatic rings. The Morgan fingerprint density at radius 3 is 1.55 bits per heavy atom. The van der Waals surface area contributed by atoms with Gasteiger partial charge in [-0.3, -0.25) is 14.5 Å². The normalized spacial score (nSPS) is 10.7. The van der Waals surface area contributed by atoms with Crippen LogP contribution in [-0.2, 0) is 9.53 Å². The van der Waals surface area contributed by atoms with Gasteiger partial charge in [-0.05, 0) is 83.9 Å². The van der Waals surface area contributed by atoms with Crippen LogP contribution in [0.25, 0.3) is 12.2 Å². The minimum absolute atomic E-state index is 0.230. The van der Waals surface area contributed by atoms with Gasteiger partial charge in [-0.15, -0.1) is 0 Å². The maximum atomic E-state index is 12.9. The molecule has 4 aromatic carbocycles. The molecule has 8 heteroatoms. The fourth-order valence-electron chi connectivity index (χ4n) is 3.96. The van der Waals surface area contributed by atoms with Crippen molar-refractivity contribution in [2.75, 3.05) is 24.0 Å². The standard InChI is InChI=1S/C32H26N2O6/c1-33(30(36)24-11-13-26(14-12-24)32(39)40-2)27-17-19-29(20-18-27)34(21-35)28-15-7-23(8-16-28)4-3-22-5-9-25(10-6-22)31(37)38/h3-21H,1-2H3,(H,37,38)/b4-3+. The monoisotopic (exact) mass is 534 g/mol. The second-order valence-corrected chi connectivity index (χ2v) is 8.78. The van der Waals surface area contributed by atoms with Gasteiger partial charge in [0.1, 0.15) is 0 Å². The summed E-state index contributed by atoms with van der Waals surface area (Å²) in [5, 5.41) is 9.01. The molecule has 200 valence electrons. The van der Waals surface area contributed by atoms with Gasteiger partial charge in [-0.2, -0.15) is 0 Å². The number of carboxylic acid groups (broad SMARTS) is 1. The number of hydrogen-bond acceptors (Lipinski definition) is 5. The molecule has 0 atom stereocenters. The van der Waals surface area contributed by atoms with Gasteiger partial charge in [0, 0.05) is 29.7 Å². The molecule has 0 radical (unpaired) electrons. The number of hydrogen-bond donors (Lipinski definition) is 1. The number of carboxylic acids is 1. The van der Waals surface area contributed by atoms with Crippen LogP contribution in [0, 0.1) is 0 Å². The summed E-state index contributed by atoms with van der Waals surface area (Å²) in [6, 6.07) is 27.2. The number of ether oxygens (including phenoxy) is 1. The van der Waals surface area contributed by atoms with E-state index in [1.807, 2.05) is 36.4 Å². The fourth-order valence-corrected chi connectivity index (χ4v) is 3.96. The van der Waals surface area contributed by atoms with Crippen molar-refractivity contribution in [2.45, 2.75) is 0 Å². The zero-order valence-electron chi connectivity index (χ0n) is 21.9. The molecule has 0 aromatic heterocycles. The zero-order valence-corrected chi connectivity index (χ0v) is 21.9. The Hall–Kier alpha value is -5.50. The number of esters is 1. The van der Waals surface area contributed by atoms with Gasteiger partial charge in [0.25, 0.3) is 5.91 Å². The number of methoxy groups -OCH3 is 1. The predicted octanol–water partition coefficient (Wildman–Crippen LogP) is 5.91. The Kier molecular flexibility index (Phi) is 8.51. The van der Waals surface area contributed by atoms with E-state index < -0.39 is 11.9 Å². The molecule has 0 spiro atoms. The molecule has 1 N–H and O–H groups in total. The highest BCUT2D eigenvalue weighted by Gasteiger charge is 2.16. The van der Waals surface area contributed by atoms with Gasteiger partial charge < -0.3 is 14.7 Å². The number of anilines is 3. The van der Waals surface area contributed by atoms with Crippen molar-refractivity contribution in [3.8, 4) is 0 Å². The summed E-state index contributed by atoms with van der Waals surface area (Å²) in [5.41, 5.74) is 4.71. The lowest BCUT2D eigenvalue weighted by atomic mass is 10.1. The molecule has 0 aliphatic carbocycles. The van der Waals surface area contributed by atoms with Crippen LogP contribution in [0.4, 0.5) is 17.1 Å². The maximum absolute atomic E-state index is 12.9. The molecular formula is C32H26N2O6. The first-order valence-electron chi connectivity index (χ1n) is 12.2. The number of rotatable bonds is 9. The lowest BCUT2D eigenvalue weighted by Crippen LogP contribution is -2.26. The summed E-state index contributed by atoms with van der Waals surface area (Å²) < 4.78 is 4.69. The summed E-state index contributed by atoms with van der Waals surface area (Å²) >= 11 is 0. The quantitative estimate of drug-likeness (QED) is 0.163. The Balaban J connectivity index is 1.43. The number of benzene rings is 4. The van der Waals surface area contributed by atoms with E-state index in [0.717, 1.165) is 17.5 Å². The molecule has 8 nitrogen and oxygen atoms in total. The Morgan fingerprint density at radius 1 is 0.650 bits per heavy atom. The Morgan fingerprint density at radius 2 is 1.07 bits per heavy atom. The van der Waals surface area contributed by atoms with Crippen molar-refractivity contribution in [3.05, 3.63) is 125 Å². The second-order valence-electron chi connectivity index (χ2n) is 8.78. The molecule has 0 fully saturated rings. The van der Waals surface area contributed by atoms with E-state index in [0.29, 0.717) is 28.2 Å². The van der Waals surface area contributed by atoms with Crippen LogP contribution in [0.3, 0.4) is 0 Å². The molecular weight excluding hydrogens is 508 g/mol. The highest BCUT2D eigenvalue weighted by molar-refractivity contribution is 6.06. The van der Waals surface area contributed by atoms with E-state index in [1.54, 1.807) is 67.7 Å². The van der Waals surface area contributed by atoms with Gasteiger partial charge in [0.2, 0.25) is 6.41 Å². The van der Waals surface area contributed by atoms with Crippen LogP contribution in [0.15, 0.2) is 97.1 Å². The molecule has 40 heavy (non-hydrogen) atoms. The van der Waals surface area contributed by atoms with Crippen LogP contribution < -0.4 is 9.80 Å². The molecule has 0 heterocycles. The minimum Gasteiger partial charge on any atom is -0.478 e. The molecule has 0 unspecified atom stereocenters. The Labute approximate surface area is 231 Å². The van der Waals surface area contributed by atoms with Crippen molar-refractivity contribution in [1.82, 2.24) is 0 Å². The van der Waals surface area contributed by atoms with Gasteiger partial charge in [0.15, 0.2) is 0 Å². The third-order valence-corrected chi connectivity index (χ3v) is 6.28. The second kappa shape index (κ2) is 12.4. The van der Waals surface area contributed by atoms with Crippen LogP contribution in [0.2, 0.25) is 0 Å². The van der Waals surface area contributed by atoms with Crippen LogP contribution in [0.5, 0.6) is 0 Å². The first kappa shape index (κ1) is 27.5. The van der Waals surface area contributed by atoms with E-state index in [1.165, 1.54) is 29.0 Å². The minimum atomic E-state index is -0.968. The largest absolute Gasteiger partial charge is 0.478 e. The molecule has 0 saturated heterocycles. The van der Waals surface area contributed by atoms with Gasteiger partial charge in [-0.25, -0.2) is 9.59 Å². The number of aromatic carboxylic acids is 1. The molecule has 0 aliphatic heterocycles. The van der Waals surface area contributed by atoms with E-state index >= 15 is 0 Å². The summed E-state index contributed by atoms with van der Waals surface area (Å²) in [4.78, 5) is 50.5. The smallest absolute Gasteiger partial charge is 0.337 e. The molecule has 0 aliphatic rings. The van der Waals surface area contributed by atoms with Crippen molar-refractivity contribution >= 4 is 53.5 Å². The third kappa shape index (κ3) is 6.31. The maximum Gasteiger partial charge on any atom is 0.337 e. The number of amides is 2. The van der Waals surface area contributed by atoms with E-state index in [-0.39, 0.29) is 11.5 Å². The molecule has 2 amide bonds. The zero-order chi connectivity index (χ0) is 28.6. The summed E-state index contributed by atoms with van der Waals surface area (Å²) in [6.45, 7) is 0. The SMILES string of the molecule is COC(=O)c1ccc(C(=O)N(C)c2ccc(N(C=O)c3ccc(/C=C/c4ccc(C(=O)O)cc4)cc3)cc2)cc1. The van der Waals surface area contributed by atoms with Crippen molar-refractivity contribution in [2.24, 2.45) is 0 Å². The highest BCUT2D eigenvalue weighted by atomic mass is 16.5. The van der Waals surface area contributed by atoms with Crippen LogP contribution in [0.1, 0.15) is 42.2 Å². The average Bonchev–Trinajstić information content (AvgIpc) is 3.00. The molecule has 0 saturated carbocycles. The van der Waals surface area contributed by atoms with Crippen molar-refractivity contribution in [1.29, 1.82) is 0 Å². The highest BCUT2D eigenvalue weighted by Crippen LogP contribution is 2.27. The van der Waals surface area contributed by atoms with Gasteiger partial charge in [-0.1, -0.05) is 36.4 Å². The summed E-state index contributed by atoms with van der Waals surface area (Å²) in [6.07, 6.45) is 4.50. The molecule has 0 bridgehead atoms. The van der Waals surface area contributed by atoms with E-state index in [2.05, 4.69) is 4.74 Å². The first-order valence-corrected chi connectivity index (χ1v) is 12.2. The summed E-state index contributed by atoms with van der Waals surface area (Å²) in [5.74, 6) is -1.69. The molecule has 4 rings (SSSR count). The Bertz CT molecular complexity index is 1540. The number of carbonyl (C=O) groups is 4. The van der Waals surface area contributed by atoms with Crippen molar-refractivity contribution < 1.29 is 29.0 Å². The topological polar surface area (TPSA) is 104 Å². The number of nitrogens with zero attached hydrogens (tertiary/aromatic N) is 2. The lowest BCUT2D eigenvalue weighted by molar-refractivity contribution is -0.106. The van der Waals surface area contributed by atoms with Gasteiger partial charge in [0.05, 0.1) is 18.2 Å². The first-order chi connectivity index (χ1) is 19.3. The van der Waals surface area contributed by atoms with E-state index in [4.69, 9.17) is 5.11 Å². The summed E-state index contributed by atoms with van der Waals surface area (Å²) in [7, 11) is 2.95.